The number of carbonyl (C=O) groups excluding carboxylic acids is 1. The summed E-state index contributed by atoms with van der Waals surface area (Å²) in [6.45, 7) is 4.59. The highest BCUT2D eigenvalue weighted by atomic mass is 79.9. The van der Waals surface area contributed by atoms with E-state index in [1.807, 2.05) is 0 Å². The van der Waals surface area contributed by atoms with Crippen molar-refractivity contribution in [1.82, 2.24) is 5.32 Å². The Morgan fingerprint density at radius 3 is 2.05 bits per heavy atom. The summed E-state index contributed by atoms with van der Waals surface area (Å²) < 4.78 is 37.4. The van der Waals surface area contributed by atoms with Crippen LogP contribution in [0.15, 0.2) is 24.3 Å². The van der Waals surface area contributed by atoms with Gasteiger partial charge in [0, 0.05) is 17.4 Å². The summed E-state index contributed by atoms with van der Waals surface area (Å²) in [6, 6.07) is 4.25. The number of benzene rings is 1. The van der Waals surface area contributed by atoms with Gasteiger partial charge in [-0.1, -0.05) is 29.8 Å². The second-order valence-electron chi connectivity index (χ2n) is 5.10. The standard InChI is InChI=1S/C15H19BrF3NO/c1-3-14(4-2,9-16)10-20-13(21)11-5-7-12(8-6-11)15(17,18)19/h5-8H,3-4,9-10H2,1-2H3,(H,20,21). The van der Waals surface area contributed by atoms with Gasteiger partial charge in [0.05, 0.1) is 5.56 Å². The molecule has 0 aromatic heterocycles. The lowest BCUT2D eigenvalue weighted by Gasteiger charge is -2.29. The Labute approximate surface area is 131 Å². The first-order chi connectivity index (χ1) is 9.78. The van der Waals surface area contributed by atoms with Gasteiger partial charge in [-0.25, -0.2) is 0 Å². The topological polar surface area (TPSA) is 29.1 Å². The van der Waals surface area contributed by atoms with Crippen molar-refractivity contribution < 1.29 is 18.0 Å². The van der Waals surface area contributed by atoms with E-state index in [1.165, 1.54) is 12.1 Å². The number of amides is 1. The Balaban J connectivity index is 2.72. The number of nitrogens with one attached hydrogen (secondary N) is 1. The molecule has 0 aliphatic heterocycles. The summed E-state index contributed by atoms with van der Waals surface area (Å²) in [5, 5.41) is 3.56. The summed E-state index contributed by atoms with van der Waals surface area (Å²) in [5.74, 6) is -0.351. The van der Waals surface area contributed by atoms with Gasteiger partial charge in [0.25, 0.3) is 5.91 Å². The molecule has 0 radical (unpaired) electrons. The quantitative estimate of drug-likeness (QED) is 0.731. The van der Waals surface area contributed by atoms with Gasteiger partial charge in [-0.05, 0) is 42.5 Å². The molecule has 0 heterocycles. The zero-order valence-electron chi connectivity index (χ0n) is 12.1. The first-order valence-corrected chi connectivity index (χ1v) is 7.91. The molecule has 0 saturated heterocycles. The van der Waals surface area contributed by atoms with Crippen molar-refractivity contribution in [2.24, 2.45) is 5.41 Å². The molecule has 118 valence electrons. The van der Waals surface area contributed by atoms with E-state index in [4.69, 9.17) is 0 Å². The molecule has 1 aromatic rings. The van der Waals surface area contributed by atoms with Crippen molar-refractivity contribution in [3.8, 4) is 0 Å². The highest BCUT2D eigenvalue weighted by Gasteiger charge is 2.30. The normalized spacial score (nSPS) is 12.3. The lowest BCUT2D eigenvalue weighted by molar-refractivity contribution is -0.137. The smallest absolute Gasteiger partial charge is 0.351 e. The molecule has 0 fully saturated rings. The van der Waals surface area contributed by atoms with Crippen molar-refractivity contribution >= 4 is 21.8 Å². The zero-order valence-corrected chi connectivity index (χ0v) is 13.6. The van der Waals surface area contributed by atoms with Crippen LogP contribution in [0, 0.1) is 5.41 Å². The second-order valence-corrected chi connectivity index (χ2v) is 5.66. The van der Waals surface area contributed by atoms with E-state index in [0.29, 0.717) is 6.54 Å². The van der Waals surface area contributed by atoms with Gasteiger partial charge in [-0.15, -0.1) is 0 Å². The molecule has 6 heteroatoms. The molecule has 2 nitrogen and oxygen atoms in total. The van der Waals surface area contributed by atoms with Gasteiger partial charge in [0.15, 0.2) is 0 Å². The third-order valence-electron chi connectivity index (χ3n) is 3.88. The first kappa shape index (κ1) is 18.0. The summed E-state index contributed by atoms with van der Waals surface area (Å²) in [4.78, 5) is 12.0. The second kappa shape index (κ2) is 7.29. The monoisotopic (exact) mass is 365 g/mol. The Bertz CT molecular complexity index is 459. The minimum atomic E-state index is -4.38. The largest absolute Gasteiger partial charge is 0.416 e. The zero-order chi connectivity index (χ0) is 16.1. The fourth-order valence-electron chi connectivity index (χ4n) is 1.92. The lowest BCUT2D eigenvalue weighted by atomic mass is 9.84. The number of hydrogen-bond donors (Lipinski definition) is 1. The maximum absolute atomic E-state index is 12.5. The van der Waals surface area contributed by atoms with Gasteiger partial charge in [0.2, 0.25) is 0 Å². The molecule has 0 bridgehead atoms. The van der Waals surface area contributed by atoms with Gasteiger partial charge in [-0.2, -0.15) is 13.2 Å². The van der Waals surface area contributed by atoms with E-state index >= 15 is 0 Å². The minimum absolute atomic E-state index is 0.0262. The third-order valence-corrected chi connectivity index (χ3v) is 5.07. The number of rotatable bonds is 6. The lowest BCUT2D eigenvalue weighted by Crippen LogP contribution is -2.38. The van der Waals surface area contributed by atoms with Gasteiger partial charge >= 0.3 is 6.18 Å². The van der Waals surface area contributed by atoms with Gasteiger partial charge in [0.1, 0.15) is 0 Å². The Morgan fingerprint density at radius 2 is 1.67 bits per heavy atom. The van der Waals surface area contributed by atoms with Crippen molar-refractivity contribution in [3.05, 3.63) is 35.4 Å². The minimum Gasteiger partial charge on any atom is -0.351 e. The summed E-state index contributed by atoms with van der Waals surface area (Å²) in [7, 11) is 0. The molecular weight excluding hydrogens is 347 g/mol. The Kier molecular flexibility index (Phi) is 6.25. The molecule has 0 aliphatic carbocycles. The van der Waals surface area contributed by atoms with Crippen LogP contribution in [0.25, 0.3) is 0 Å². The molecule has 0 spiro atoms. The number of alkyl halides is 4. The van der Waals surface area contributed by atoms with Crippen LogP contribution in [0.3, 0.4) is 0 Å². The molecule has 0 unspecified atom stereocenters. The van der Waals surface area contributed by atoms with Crippen LogP contribution in [-0.4, -0.2) is 17.8 Å². The number of carbonyl (C=O) groups is 1. The molecule has 0 aliphatic rings. The molecule has 0 saturated carbocycles. The van der Waals surface area contributed by atoms with Crippen LogP contribution < -0.4 is 5.32 Å². The van der Waals surface area contributed by atoms with Crippen LogP contribution in [0.1, 0.15) is 42.6 Å². The van der Waals surface area contributed by atoms with Crippen molar-refractivity contribution in [2.75, 3.05) is 11.9 Å². The molecule has 21 heavy (non-hydrogen) atoms. The van der Waals surface area contributed by atoms with Crippen LogP contribution >= 0.6 is 15.9 Å². The van der Waals surface area contributed by atoms with Crippen molar-refractivity contribution in [1.29, 1.82) is 0 Å². The molecular formula is C15H19BrF3NO. The molecule has 1 aromatic carbocycles. The predicted octanol–water partition coefficient (Wildman–Crippen LogP) is 4.64. The van der Waals surface area contributed by atoms with E-state index in [0.717, 1.165) is 30.3 Å². The molecule has 1 N–H and O–H groups in total. The van der Waals surface area contributed by atoms with Crippen LogP contribution in [0.2, 0.25) is 0 Å². The average Bonchev–Trinajstić information content (AvgIpc) is 2.48. The number of halogens is 4. The van der Waals surface area contributed by atoms with Crippen molar-refractivity contribution in [3.63, 3.8) is 0 Å². The van der Waals surface area contributed by atoms with Crippen LogP contribution in [-0.2, 0) is 6.18 Å². The van der Waals surface area contributed by atoms with E-state index < -0.39 is 11.7 Å². The van der Waals surface area contributed by atoms with E-state index in [-0.39, 0.29) is 16.9 Å². The van der Waals surface area contributed by atoms with Crippen LogP contribution in [0.5, 0.6) is 0 Å². The Morgan fingerprint density at radius 1 is 1.14 bits per heavy atom. The summed E-state index contributed by atoms with van der Waals surface area (Å²) in [6.07, 6.45) is -2.57. The molecule has 1 rings (SSSR count). The number of hydrogen-bond acceptors (Lipinski definition) is 1. The third kappa shape index (κ3) is 4.73. The van der Waals surface area contributed by atoms with E-state index in [1.54, 1.807) is 0 Å². The molecule has 1 amide bonds. The maximum Gasteiger partial charge on any atom is 0.416 e. The maximum atomic E-state index is 12.5. The molecule has 0 atom stereocenters. The predicted molar refractivity (Wildman–Crippen MR) is 80.6 cm³/mol. The highest BCUT2D eigenvalue weighted by Crippen LogP contribution is 2.29. The summed E-state index contributed by atoms with van der Waals surface area (Å²) >= 11 is 3.45. The highest BCUT2D eigenvalue weighted by molar-refractivity contribution is 9.09. The Hall–Kier alpha value is -1.04. The van der Waals surface area contributed by atoms with E-state index in [2.05, 4.69) is 35.1 Å². The van der Waals surface area contributed by atoms with Gasteiger partial charge < -0.3 is 5.32 Å². The van der Waals surface area contributed by atoms with E-state index in [9.17, 15) is 18.0 Å². The first-order valence-electron chi connectivity index (χ1n) is 6.79. The fraction of sp³-hybridized carbons (Fsp3) is 0.533. The SMILES string of the molecule is CCC(CC)(CBr)CNC(=O)c1ccc(C(F)(F)F)cc1. The van der Waals surface area contributed by atoms with Gasteiger partial charge in [-0.3, -0.25) is 4.79 Å². The van der Waals surface area contributed by atoms with Crippen molar-refractivity contribution in [2.45, 2.75) is 32.9 Å². The fourth-order valence-corrected chi connectivity index (χ4v) is 2.91. The van der Waals surface area contributed by atoms with Crippen LogP contribution in [0.4, 0.5) is 13.2 Å². The summed E-state index contributed by atoms with van der Waals surface area (Å²) in [5.41, 5.74) is -0.545. The average molecular weight is 366 g/mol.